The Morgan fingerprint density at radius 3 is 2.47 bits per heavy atom. The Morgan fingerprint density at radius 2 is 1.81 bits per heavy atom. The van der Waals surface area contributed by atoms with Gasteiger partial charge in [-0.05, 0) is 62.4 Å². The SMILES string of the molecule is CNC(=O)c1ccc2c(c1)nc(-c1ccc(Cn3nc(C)c([N+](=O)[O-])c3C)o1)n2CC1CN(S(=O)(=O)c2cccc(S(=O)(=O)O)c2)C1. The Kier molecular flexibility index (Phi) is 7.99. The van der Waals surface area contributed by atoms with Gasteiger partial charge in [-0.15, -0.1) is 0 Å². The lowest BCUT2D eigenvalue weighted by atomic mass is 10.0. The monoisotopic (exact) mass is 683 g/mol. The Morgan fingerprint density at radius 1 is 1.09 bits per heavy atom. The Labute approximate surface area is 268 Å². The minimum atomic E-state index is -4.59. The number of benzene rings is 2. The number of fused-ring (bicyclic) bond motifs is 1. The molecule has 0 bridgehead atoms. The van der Waals surface area contributed by atoms with E-state index in [1.54, 1.807) is 44.2 Å². The molecule has 0 aliphatic carbocycles. The van der Waals surface area contributed by atoms with Gasteiger partial charge in [-0.2, -0.15) is 17.8 Å². The van der Waals surface area contributed by atoms with Crippen molar-refractivity contribution in [1.29, 1.82) is 0 Å². The number of hydrogen-bond donors (Lipinski definition) is 2. The number of nitrogens with zero attached hydrogens (tertiary/aromatic N) is 6. The van der Waals surface area contributed by atoms with E-state index in [-0.39, 0.29) is 47.7 Å². The van der Waals surface area contributed by atoms with Crippen molar-refractivity contribution in [2.45, 2.75) is 36.7 Å². The van der Waals surface area contributed by atoms with Crippen LogP contribution in [0.3, 0.4) is 0 Å². The zero-order valence-electron chi connectivity index (χ0n) is 25.3. The van der Waals surface area contributed by atoms with Crippen LogP contribution in [0.2, 0.25) is 0 Å². The van der Waals surface area contributed by atoms with Crippen LogP contribution >= 0.6 is 0 Å². The molecular weight excluding hydrogens is 654 g/mol. The summed E-state index contributed by atoms with van der Waals surface area (Å²) in [5.74, 6) is 0.841. The predicted molar refractivity (Wildman–Crippen MR) is 167 cm³/mol. The number of nitro groups is 1. The number of furan rings is 1. The number of amides is 1. The van der Waals surface area contributed by atoms with Gasteiger partial charge in [0.15, 0.2) is 11.6 Å². The van der Waals surface area contributed by atoms with Gasteiger partial charge in [-0.3, -0.25) is 24.1 Å². The maximum Gasteiger partial charge on any atom is 0.312 e. The largest absolute Gasteiger partial charge is 0.456 e. The summed E-state index contributed by atoms with van der Waals surface area (Å²) in [6, 6.07) is 13.0. The van der Waals surface area contributed by atoms with E-state index in [1.165, 1.54) is 28.2 Å². The van der Waals surface area contributed by atoms with Crippen molar-refractivity contribution >= 4 is 42.8 Å². The normalized spacial score (nSPS) is 14.4. The summed E-state index contributed by atoms with van der Waals surface area (Å²) >= 11 is 0. The molecule has 1 aliphatic heterocycles. The lowest BCUT2D eigenvalue weighted by molar-refractivity contribution is -0.386. The van der Waals surface area contributed by atoms with Crippen LogP contribution in [0.15, 0.2) is 68.8 Å². The molecule has 1 fully saturated rings. The summed E-state index contributed by atoms with van der Waals surface area (Å²) in [6.45, 7) is 3.91. The average Bonchev–Trinajstić information content (AvgIpc) is 3.68. The van der Waals surface area contributed by atoms with Crippen LogP contribution in [0, 0.1) is 29.9 Å². The lowest BCUT2D eigenvalue weighted by Gasteiger charge is -2.38. The minimum Gasteiger partial charge on any atom is -0.456 e. The molecule has 1 saturated heterocycles. The number of carbonyl (C=O) groups excluding carboxylic acids is 1. The van der Waals surface area contributed by atoms with Gasteiger partial charge >= 0.3 is 5.69 Å². The summed E-state index contributed by atoms with van der Waals surface area (Å²) in [5.41, 5.74) is 2.20. The van der Waals surface area contributed by atoms with Crippen LogP contribution in [0.1, 0.15) is 27.5 Å². The maximum atomic E-state index is 13.2. The number of nitrogens with one attached hydrogen (secondary N) is 1. The van der Waals surface area contributed by atoms with E-state index in [0.717, 1.165) is 12.1 Å². The molecule has 1 aliphatic rings. The molecule has 0 radical (unpaired) electrons. The number of sulfonamides is 1. The van der Waals surface area contributed by atoms with Gasteiger partial charge in [0.1, 0.15) is 17.1 Å². The van der Waals surface area contributed by atoms with Gasteiger partial charge < -0.3 is 14.3 Å². The number of rotatable bonds is 10. The fourth-order valence-electron chi connectivity index (χ4n) is 5.66. The molecule has 47 heavy (non-hydrogen) atoms. The highest BCUT2D eigenvalue weighted by Crippen LogP contribution is 2.33. The second-order valence-electron chi connectivity index (χ2n) is 11.2. The van der Waals surface area contributed by atoms with Gasteiger partial charge in [0.05, 0.1) is 32.3 Å². The highest BCUT2D eigenvalue weighted by Gasteiger charge is 2.38. The molecule has 3 aromatic heterocycles. The maximum absolute atomic E-state index is 13.2. The van der Waals surface area contributed by atoms with Gasteiger partial charge in [-0.25, -0.2) is 13.4 Å². The summed E-state index contributed by atoms with van der Waals surface area (Å²) in [7, 11) is -7.10. The summed E-state index contributed by atoms with van der Waals surface area (Å²) in [5, 5.41) is 18.3. The van der Waals surface area contributed by atoms with E-state index in [1.807, 2.05) is 4.57 Å². The lowest BCUT2D eigenvalue weighted by Crippen LogP contribution is -2.51. The molecule has 16 nitrogen and oxygen atoms in total. The second-order valence-corrected chi connectivity index (χ2v) is 14.5. The van der Waals surface area contributed by atoms with Crippen molar-refractivity contribution in [1.82, 2.24) is 29.0 Å². The van der Waals surface area contributed by atoms with Gasteiger partial charge in [0, 0.05) is 38.2 Å². The van der Waals surface area contributed by atoms with Crippen LogP contribution in [0.4, 0.5) is 5.69 Å². The molecule has 0 spiro atoms. The van der Waals surface area contributed by atoms with E-state index in [2.05, 4.69) is 10.4 Å². The third kappa shape index (κ3) is 5.91. The van der Waals surface area contributed by atoms with Crippen LogP contribution < -0.4 is 5.32 Å². The molecule has 18 heteroatoms. The first kappa shape index (κ1) is 32.0. The highest BCUT2D eigenvalue weighted by atomic mass is 32.2. The van der Waals surface area contributed by atoms with Crippen LogP contribution in [-0.2, 0) is 33.2 Å². The van der Waals surface area contributed by atoms with Gasteiger partial charge in [0.2, 0.25) is 10.0 Å². The number of aromatic nitrogens is 4. The van der Waals surface area contributed by atoms with Crippen molar-refractivity contribution < 1.29 is 35.5 Å². The Balaban J connectivity index is 1.29. The van der Waals surface area contributed by atoms with E-state index < -0.39 is 30.0 Å². The van der Waals surface area contributed by atoms with E-state index >= 15 is 0 Å². The van der Waals surface area contributed by atoms with E-state index in [4.69, 9.17) is 9.40 Å². The average molecular weight is 684 g/mol. The van der Waals surface area contributed by atoms with Crippen LogP contribution in [0.5, 0.6) is 0 Å². The molecule has 1 amide bonds. The molecule has 0 saturated carbocycles. The van der Waals surface area contributed by atoms with Crippen molar-refractivity contribution in [2.24, 2.45) is 5.92 Å². The standard InChI is InChI=1S/C29H29N7O9S2/c1-17-27(36(38)39)18(2)35(32-17)16-21-8-10-26(45-21)28-31-24-11-20(29(37)30-3)7-9-25(24)34(28)15-19-13-33(14-19)46(40,41)22-5-4-6-23(12-22)47(42,43)44/h4-12,19H,13-16H2,1-3H3,(H,30,37)(H,42,43,44). The first-order valence-corrected chi connectivity index (χ1v) is 17.1. The molecule has 4 heterocycles. The molecule has 246 valence electrons. The minimum absolute atomic E-state index is 0.0619. The third-order valence-corrected chi connectivity index (χ3v) is 10.7. The first-order valence-electron chi connectivity index (χ1n) is 14.2. The topological polar surface area (TPSA) is 213 Å². The number of aryl methyl sites for hydroxylation is 1. The molecule has 0 unspecified atom stereocenters. The van der Waals surface area contributed by atoms with E-state index in [0.29, 0.717) is 46.2 Å². The zero-order chi connectivity index (χ0) is 33.8. The molecule has 6 rings (SSSR count). The van der Waals surface area contributed by atoms with Gasteiger partial charge in [0.25, 0.3) is 16.0 Å². The second kappa shape index (κ2) is 11.7. The summed E-state index contributed by atoms with van der Waals surface area (Å²) in [6.07, 6.45) is 0. The highest BCUT2D eigenvalue weighted by molar-refractivity contribution is 7.89. The summed E-state index contributed by atoms with van der Waals surface area (Å²) < 4.78 is 69.7. The van der Waals surface area contributed by atoms with Crippen molar-refractivity contribution in [3.63, 3.8) is 0 Å². The molecule has 2 aromatic carbocycles. The summed E-state index contributed by atoms with van der Waals surface area (Å²) in [4.78, 5) is 27.3. The van der Waals surface area contributed by atoms with Crippen molar-refractivity contribution in [3.05, 3.63) is 87.4 Å². The number of hydrogen-bond acceptors (Lipinski definition) is 10. The fraction of sp³-hybridized carbons (Fsp3) is 0.276. The molecule has 2 N–H and O–H groups in total. The first-order chi connectivity index (χ1) is 22.2. The predicted octanol–water partition coefficient (Wildman–Crippen LogP) is 2.99. The van der Waals surface area contributed by atoms with Crippen LogP contribution in [0.25, 0.3) is 22.6 Å². The Hall–Kier alpha value is -4.91. The molecule has 5 aromatic rings. The van der Waals surface area contributed by atoms with Gasteiger partial charge in [-0.1, -0.05) is 6.07 Å². The zero-order valence-corrected chi connectivity index (χ0v) is 26.9. The third-order valence-electron chi connectivity index (χ3n) is 8.06. The quantitative estimate of drug-likeness (QED) is 0.124. The fourth-order valence-corrected chi connectivity index (χ4v) is 7.90. The van der Waals surface area contributed by atoms with Crippen molar-refractivity contribution in [3.8, 4) is 11.6 Å². The van der Waals surface area contributed by atoms with Crippen LogP contribution in [-0.4, -0.2) is 76.0 Å². The molecule has 0 atom stereocenters. The number of imidazole rings is 1. The smallest absolute Gasteiger partial charge is 0.312 e. The van der Waals surface area contributed by atoms with Crippen molar-refractivity contribution in [2.75, 3.05) is 20.1 Å². The van der Waals surface area contributed by atoms with E-state index in [9.17, 15) is 36.3 Å². The molecular formula is C29H29N7O9S2. The number of carbonyl (C=O) groups is 1. The Bertz CT molecular complexity index is 2280.